The highest BCUT2D eigenvalue weighted by Gasteiger charge is 2.18. The van der Waals surface area contributed by atoms with Crippen molar-refractivity contribution in [2.45, 2.75) is 40.2 Å². The fourth-order valence-electron chi connectivity index (χ4n) is 2.63. The van der Waals surface area contributed by atoms with Gasteiger partial charge in [0.1, 0.15) is 0 Å². The molecule has 1 aromatic rings. The van der Waals surface area contributed by atoms with Gasteiger partial charge in [-0.25, -0.2) is 4.98 Å². The van der Waals surface area contributed by atoms with Crippen molar-refractivity contribution in [1.29, 1.82) is 0 Å². The molecule has 2 heterocycles. The molecule has 0 aliphatic carbocycles. The second-order valence-electron chi connectivity index (χ2n) is 6.39. The predicted octanol–water partition coefficient (Wildman–Crippen LogP) is 2.59. The Kier molecular flexibility index (Phi) is 6.45. The highest BCUT2D eigenvalue weighted by molar-refractivity contribution is 7.15. The molecule has 0 bridgehead atoms. The molecule has 0 spiro atoms. The van der Waals surface area contributed by atoms with E-state index in [2.05, 4.69) is 42.9 Å². The first-order chi connectivity index (χ1) is 10.1. The van der Waals surface area contributed by atoms with E-state index in [4.69, 9.17) is 4.98 Å². The van der Waals surface area contributed by atoms with Gasteiger partial charge in [-0.05, 0) is 38.9 Å². The first-order valence-electron chi connectivity index (χ1n) is 8.23. The van der Waals surface area contributed by atoms with E-state index in [1.165, 1.54) is 28.7 Å². The van der Waals surface area contributed by atoms with Gasteiger partial charge in [0.15, 0.2) is 5.13 Å². The number of rotatable bonds is 6. The van der Waals surface area contributed by atoms with Crippen molar-refractivity contribution in [3.63, 3.8) is 0 Å². The maximum atomic E-state index is 4.90. The average molecular weight is 311 g/mol. The maximum absolute atomic E-state index is 4.90. The third-order valence-corrected chi connectivity index (χ3v) is 5.09. The summed E-state index contributed by atoms with van der Waals surface area (Å²) in [6.07, 6.45) is 2.27. The van der Waals surface area contributed by atoms with E-state index in [0.717, 1.165) is 39.1 Å². The van der Waals surface area contributed by atoms with Gasteiger partial charge >= 0.3 is 0 Å². The first-order valence-corrected chi connectivity index (χ1v) is 9.04. The summed E-state index contributed by atoms with van der Waals surface area (Å²) in [4.78, 5) is 11.2. The van der Waals surface area contributed by atoms with Crippen LogP contribution in [0.3, 0.4) is 0 Å². The van der Waals surface area contributed by atoms with Crippen LogP contribution in [0.1, 0.15) is 37.8 Å². The van der Waals surface area contributed by atoms with Crippen LogP contribution in [0.2, 0.25) is 0 Å². The van der Waals surface area contributed by atoms with Gasteiger partial charge in [0.05, 0.1) is 5.69 Å². The number of likely N-dealkylation sites (N-methyl/N-ethyl adjacent to an activating group) is 1. The molecule has 0 radical (unpaired) electrons. The molecule has 0 aromatic carbocycles. The van der Waals surface area contributed by atoms with Crippen molar-refractivity contribution in [3.05, 3.63) is 10.6 Å². The third-order valence-electron chi connectivity index (χ3n) is 3.93. The molecule has 1 fully saturated rings. The van der Waals surface area contributed by atoms with Gasteiger partial charge in [0.25, 0.3) is 0 Å². The maximum Gasteiger partial charge on any atom is 0.185 e. The molecule has 0 amide bonds. The van der Waals surface area contributed by atoms with E-state index in [0.29, 0.717) is 5.92 Å². The Labute approximate surface area is 133 Å². The molecule has 4 nitrogen and oxygen atoms in total. The Bertz CT molecular complexity index is 430. The largest absolute Gasteiger partial charge is 0.347 e. The van der Waals surface area contributed by atoms with Crippen LogP contribution >= 0.6 is 11.3 Å². The molecule has 2 rings (SSSR count). The summed E-state index contributed by atoms with van der Waals surface area (Å²) in [6, 6.07) is 0. The van der Waals surface area contributed by atoms with Crippen LogP contribution in [-0.4, -0.2) is 49.7 Å². The van der Waals surface area contributed by atoms with Gasteiger partial charge < -0.3 is 15.1 Å². The number of aryl methyl sites for hydroxylation is 1. The molecule has 1 saturated heterocycles. The second kappa shape index (κ2) is 8.11. The summed E-state index contributed by atoms with van der Waals surface area (Å²) in [6.45, 7) is 13.3. The third kappa shape index (κ3) is 4.94. The van der Waals surface area contributed by atoms with E-state index in [1.807, 2.05) is 11.3 Å². The zero-order valence-corrected chi connectivity index (χ0v) is 14.8. The highest BCUT2D eigenvalue weighted by atomic mass is 32.1. The molecule has 0 atom stereocenters. The number of anilines is 1. The van der Waals surface area contributed by atoms with Gasteiger partial charge in [0, 0.05) is 31.1 Å². The molecule has 0 unspecified atom stereocenters. The van der Waals surface area contributed by atoms with Crippen LogP contribution in [-0.2, 0) is 13.0 Å². The number of nitrogens with zero attached hydrogens (tertiary/aromatic N) is 3. The van der Waals surface area contributed by atoms with Gasteiger partial charge in [-0.15, -0.1) is 11.3 Å². The summed E-state index contributed by atoms with van der Waals surface area (Å²) in [5, 5.41) is 4.78. The summed E-state index contributed by atoms with van der Waals surface area (Å²) in [7, 11) is 2.21. The van der Waals surface area contributed by atoms with Crippen LogP contribution in [0.4, 0.5) is 5.13 Å². The van der Waals surface area contributed by atoms with E-state index >= 15 is 0 Å². The Morgan fingerprint density at radius 1 is 1.24 bits per heavy atom. The van der Waals surface area contributed by atoms with E-state index < -0.39 is 0 Å². The number of hydrogen-bond acceptors (Lipinski definition) is 5. The Morgan fingerprint density at radius 2 is 2.05 bits per heavy atom. The molecule has 120 valence electrons. The summed E-state index contributed by atoms with van der Waals surface area (Å²) < 4.78 is 0. The van der Waals surface area contributed by atoms with E-state index in [-0.39, 0.29) is 0 Å². The van der Waals surface area contributed by atoms with Crippen molar-refractivity contribution in [3.8, 4) is 0 Å². The van der Waals surface area contributed by atoms with Gasteiger partial charge in [-0.2, -0.15) is 0 Å². The zero-order valence-electron chi connectivity index (χ0n) is 14.0. The molecular formula is C16H30N4S. The van der Waals surface area contributed by atoms with Crippen LogP contribution < -0.4 is 10.2 Å². The first kappa shape index (κ1) is 16.7. The molecule has 5 heteroatoms. The molecular weight excluding hydrogens is 280 g/mol. The number of thiazole rings is 1. The predicted molar refractivity (Wildman–Crippen MR) is 92.4 cm³/mol. The number of nitrogens with one attached hydrogen (secondary N) is 1. The van der Waals surface area contributed by atoms with E-state index in [9.17, 15) is 0 Å². The normalized spacial score (nSPS) is 17.5. The SMILES string of the molecule is CCc1nc(N2CCCN(C)CC2)sc1CNCC(C)C. The topological polar surface area (TPSA) is 31.4 Å². The van der Waals surface area contributed by atoms with Crippen molar-refractivity contribution in [2.24, 2.45) is 5.92 Å². The minimum atomic E-state index is 0.698. The van der Waals surface area contributed by atoms with Crippen molar-refractivity contribution >= 4 is 16.5 Å². The minimum Gasteiger partial charge on any atom is -0.347 e. The second-order valence-corrected chi connectivity index (χ2v) is 7.45. The lowest BCUT2D eigenvalue weighted by Gasteiger charge is -2.19. The number of hydrogen-bond donors (Lipinski definition) is 1. The lowest BCUT2D eigenvalue weighted by Crippen LogP contribution is -2.28. The average Bonchev–Trinajstić information content (AvgIpc) is 2.72. The van der Waals surface area contributed by atoms with Crippen molar-refractivity contribution < 1.29 is 0 Å². The van der Waals surface area contributed by atoms with Crippen molar-refractivity contribution in [2.75, 3.05) is 44.7 Å². The Hall–Kier alpha value is -0.650. The van der Waals surface area contributed by atoms with Crippen LogP contribution in [0.5, 0.6) is 0 Å². The summed E-state index contributed by atoms with van der Waals surface area (Å²) in [5.74, 6) is 0.698. The molecule has 1 aliphatic heterocycles. The van der Waals surface area contributed by atoms with Crippen LogP contribution in [0, 0.1) is 5.92 Å². The Morgan fingerprint density at radius 3 is 2.76 bits per heavy atom. The molecule has 0 saturated carbocycles. The van der Waals surface area contributed by atoms with Gasteiger partial charge in [0.2, 0.25) is 0 Å². The lowest BCUT2D eigenvalue weighted by molar-refractivity contribution is 0.360. The van der Waals surface area contributed by atoms with E-state index in [1.54, 1.807) is 0 Å². The minimum absolute atomic E-state index is 0.698. The Balaban J connectivity index is 2.01. The quantitative estimate of drug-likeness (QED) is 0.875. The number of aromatic nitrogens is 1. The summed E-state index contributed by atoms with van der Waals surface area (Å²) >= 11 is 1.89. The fourth-order valence-corrected chi connectivity index (χ4v) is 3.80. The molecule has 1 aliphatic rings. The smallest absolute Gasteiger partial charge is 0.185 e. The molecule has 1 aromatic heterocycles. The van der Waals surface area contributed by atoms with Crippen LogP contribution in [0.25, 0.3) is 0 Å². The zero-order chi connectivity index (χ0) is 15.2. The van der Waals surface area contributed by atoms with Gasteiger partial charge in [-0.3, -0.25) is 0 Å². The van der Waals surface area contributed by atoms with Gasteiger partial charge in [-0.1, -0.05) is 20.8 Å². The van der Waals surface area contributed by atoms with Crippen LogP contribution in [0.15, 0.2) is 0 Å². The highest BCUT2D eigenvalue weighted by Crippen LogP contribution is 2.27. The lowest BCUT2D eigenvalue weighted by atomic mass is 10.2. The fraction of sp³-hybridized carbons (Fsp3) is 0.812. The van der Waals surface area contributed by atoms with Crippen molar-refractivity contribution in [1.82, 2.24) is 15.2 Å². The monoisotopic (exact) mass is 310 g/mol. The summed E-state index contributed by atoms with van der Waals surface area (Å²) in [5.41, 5.74) is 1.28. The standard InChI is InChI=1S/C16H30N4S/c1-5-14-15(12-17-11-13(2)3)21-16(18-14)20-8-6-7-19(4)9-10-20/h13,17H,5-12H2,1-4H3. The molecule has 21 heavy (non-hydrogen) atoms. The molecule has 1 N–H and O–H groups in total.